The fourth-order valence-electron chi connectivity index (χ4n) is 1.42. The molecule has 2 aromatic rings. The normalized spacial score (nSPS) is 10.4. The highest BCUT2D eigenvalue weighted by Crippen LogP contribution is 2.15. The molecule has 2 rings (SSSR count). The maximum absolute atomic E-state index is 11.1. The van der Waals surface area contributed by atoms with E-state index in [1.807, 2.05) is 30.3 Å². The minimum absolute atomic E-state index is 0.314. The molecule has 0 aliphatic heterocycles. The molecule has 0 amide bonds. The lowest BCUT2D eigenvalue weighted by Gasteiger charge is -1.98. The minimum Gasteiger partial charge on any atom is -0.539 e. The average molecular weight is 266 g/mol. The lowest BCUT2D eigenvalue weighted by atomic mass is 10.4. The van der Waals surface area contributed by atoms with Gasteiger partial charge in [0.25, 0.3) is 0 Å². The zero-order valence-corrected chi connectivity index (χ0v) is 10.1. The third-order valence-corrected chi connectivity index (χ3v) is 3.22. The van der Waals surface area contributed by atoms with Crippen molar-refractivity contribution in [1.29, 1.82) is 0 Å². The molecule has 0 aliphatic rings. The highest BCUT2D eigenvalue weighted by Gasteiger charge is 2.21. The van der Waals surface area contributed by atoms with E-state index in [-0.39, 0.29) is 0 Å². The van der Waals surface area contributed by atoms with E-state index < -0.39 is 17.3 Å². The Morgan fingerprint density at radius 2 is 2.11 bits per heavy atom. The summed E-state index contributed by atoms with van der Waals surface area (Å²) in [6, 6.07) is 9.66. The van der Waals surface area contributed by atoms with Crippen LogP contribution in [0, 0.1) is 0 Å². The average Bonchev–Trinajstić information content (AvgIpc) is 2.72. The molecule has 0 unspecified atom stereocenters. The number of H-pyrrole nitrogens is 1. The van der Waals surface area contributed by atoms with Gasteiger partial charge >= 0.3 is 11.3 Å². The SMILES string of the molecule is O=C([O-])c1c(=O)o[nH][n+]1CCSc1ccccc1. The quantitative estimate of drug-likeness (QED) is 0.577. The number of aryl methyl sites for hydroxylation is 1. The van der Waals surface area contributed by atoms with Crippen molar-refractivity contribution in [2.75, 3.05) is 5.75 Å². The van der Waals surface area contributed by atoms with E-state index in [4.69, 9.17) is 0 Å². The number of carboxylic acids is 1. The molecule has 1 aromatic carbocycles. The first kappa shape index (κ1) is 12.4. The van der Waals surface area contributed by atoms with E-state index in [0.717, 1.165) is 9.58 Å². The Kier molecular flexibility index (Phi) is 3.83. The van der Waals surface area contributed by atoms with Gasteiger partial charge in [-0.2, -0.15) is 0 Å². The molecule has 0 spiro atoms. The van der Waals surface area contributed by atoms with Crippen LogP contribution < -0.4 is 15.4 Å². The van der Waals surface area contributed by atoms with Crippen molar-refractivity contribution in [3.63, 3.8) is 0 Å². The number of aromatic carboxylic acids is 1. The largest absolute Gasteiger partial charge is 0.539 e. The Labute approximate surface area is 106 Å². The Morgan fingerprint density at radius 1 is 1.39 bits per heavy atom. The summed E-state index contributed by atoms with van der Waals surface area (Å²) in [6.45, 7) is 0.314. The van der Waals surface area contributed by atoms with Crippen LogP contribution in [0.1, 0.15) is 10.5 Å². The van der Waals surface area contributed by atoms with Gasteiger partial charge in [-0.25, -0.2) is 4.79 Å². The summed E-state index contributed by atoms with van der Waals surface area (Å²) >= 11 is 1.55. The molecule has 0 bridgehead atoms. The monoisotopic (exact) mass is 266 g/mol. The standard InChI is InChI=1S/C11H10N2O4S/c14-10(15)9-11(16)17-12-13(9)6-7-18-8-4-2-1-3-5-8/h1-5H,6-7H2,(H-,12,14,15,16). The van der Waals surface area contributed by atoms with Crippen LogP contribution in [0.25, 0.3) is 0 Å². The van der Waals surface area contributed by atoms with Gasteiger partial charge in [0.1, 0.15) is 5.97 Å². The summed E-state index contributed by atoms with van der Waals surface area (Å²) < 4.78 is 5.54. The first-order chi connectivity index (χ1) is 8.68. The fraction of sp³-hybridized carbons (Fsp3) is 0.182. The van der Waals surface area contributed by atoms with Crippen LogP contribution in [0.15, 0.2) is 44.5 Å². The molecule has 1 N–H and O–H groups in total. The van der Waals surface area contributed by atoms with Crippen LogP contribution in [0.4, 0.5) is 0 Å². The predicted octanol–water partition coefficient (Wildman–Crippen LogP) is -0.589. The third kappa shape index (κ3) is 2.80. The number of aromatic nitrogens is 2. The Morgan fingerprint density at radius 3 is 2.78 bits per heavy atom. The van der Waals surface area contributed by atoms with Crippen molar-refractivity contribution in [1.82, 2.24) is 5.27 Å². The molecule has 94 valence electrons. The summed E-state index contributed by atoms with van der Waals surface area (Å²) in [5.74, 6) is -0.945. The second kappa shape index (κ2) is 5.54. The van der Waals surface area contributed by atoms with Gasteiger partial charge in [0, 0.05) is 4.90 Å². The summed E-state index contributed by atoms with van der Waals surface area (Å²) in [7, 11) is 0. The highest BCUT2D eigenvalue weighted by molar-refractivity contribution is 7.99. The van der Waals surface area contributed by atoms with Crippen molar-refractivity contribution in [3.05, 3.63) is 46.4 Å². The second-order valence-corrected chi connectivity index (χ2v) is 4.60. The first-order valence-corrected chi connectivity index (χ1v) is 6.17. The van der Waals surface area contributed by atoms with E-state index >= 15 is 0 Å². The zero-order chi connectivity index (χ0) is 13.0. The number of hydrogen-bond acceptors (Lipinski definition) is 5. The number of aromatic amines is 1. The van der Waals surface area contributed by atoms with Crippen LogP contribution >= 0.6 is 11.8 Å². The van der Waals surface area contributed by atoms with Gasteiger partial charge in [0.2, 0.25) is 0 Å². The van der Waals surface area contributed by atoms with Crippen molar-refractivity contribution >= 4 is 17.7 Å². The minimum atomic E-state index is -1.55. The van der Waals surface area contributed by atoms with Crippen LogP contribution in [0.3, 0.4) is 0 Å². The summed E-state index contributed by atoms with van der Waals surface area (Å²) in [5, 5.41) is 13.0. The number of thioether (sulfide) groups is 1. The van der Waals surface area contributed by atoms with Gasteiger partial charge in [0.15, 0.2) is 6.54 Å². The van der Waals surface area contributed by atoms with E-state index in [0.29, 0.717) is 12.3 Å². The number of benzene rings is 1. The summed E-state index contributed by atoms with van der Waals surface area (Å²) in [5.41, 5.74) is -1.43. The maximum Gasteiger partial charge on any atom is 0.436 e. The molecule has 0 aliphatic carbocycles. The molecule has 1 aromatic heterocycles. The molecular weight excluding hydrogens is 256 g/mol. The van der Waals surface area contributed by atoms with Gasteiger partial charge in [-0.1, -0.05) is 22.9 Å². The zero-order valence-electron chi connectivity index (χ0n) is 9.29. The van der Waals surface area contributed by atoms with Crippen molar-refractivity contribution in [3.8, 4) is 0 Å². The number of carbonyl (C=O) groups is 1. The molecule has 1 heterocycles. The number of hydrogen-bond donors (Lipinski definition) is 1. The molecule has 0 atom stereocenters. The van der Waals surface area contributed by atoms with Gasteiger partial charge in [-0.05, 0) is 17.4 Å². The van der Waals surface area contributed by atoms with E-state index in [1.165, 1.54) is 0 Å². The molecule has 0 saturated heterocycles. The lowest BCUT2D eigenvalue weighted by molar-refractivity contribution is -0.761. The molecular formula is C11H10N2O4S. The highest BCUT2D eigenvalue weighted by atomic mass is 32.2. The Bertz CT molecular complexity index is 591. The topological polar surface area (TPSA) is 90.0 Å². The Balaban J connectivity index is 1.99. The van der Waals surface area contributed by atoms with Crippen molar-refractivity contribution in [2.45, 2.75) is 11.4 Å². The van der Waals surface area contributed by atoms with Crippen LogP contribution in [-0.4, -0.2) is 17.0 Å². The Hall–Kier alpha value is -2.02. The fourth-order valence-corrected chi connectivity index (χ4v) is 2.28. The molecule has 0 saturated carbocycles. The number of carboxylic acid groups (broad SMARTS) is 1. The van der Waals surface area contributed by atoms with Crippen molar-refractivity contribution < 1.29 is 19.1 Å². The van der Waals surface area contributed by atoms with Gasteiger partial charge in [-0.15, -0.1) is 11.8 Å². The summed E-state index contributed by atoms with van der Waals surface area (Å²) in [6.07, 6.45) is 0. The lowest BCUT2D eigenvalue weighted by Crippen LogP contribution is -2.48. The van der Waals surface area contributed by atoms with Crippen LogP contribution in [-0.2, 0) is 6.54 Å². The van der Waals surface area contributed by atoms with E-state index in [1.54, 1.807) is 11.8 Å². The maximum atomic E-state index is 11.1. The molecule has 7 heteroatoms. The number of nitrogens with one attached hydrogen (secondary N) is 1. The molecule has 18 heavy (non-hydrogen) atoms. The van der Waals surface area contributed by atoms with Gasteiger partial charge in [0.05, 0.1) is 5.75 Å². The second-order valence-electron chi connectivity index (χ2n) is 3.43. The number of nitrogens with zero attached hydrogens (tertiary/aromatic N) is 1. The van der Waals surface area contributed by atoms with E-state index in [2.05, 4.69) is 9.79 Å². The first-order valence-electron chi connectivity index (χ1n) is 5.19. The van der Waals surface area contributed by atoms with Crippen LogP contribution in [0.2, 0.25) is 0 Å². The molecule has 0 radical (unpaired) electrons. The number of rotatable bonds is 5. The molecule has 0 fully saturated rings. The smallest absolute Gasteiger partial charge is 0.436 e. The van der Waals surface area contributed by atoms with Gasteiger partial charge in [-0.3, -0.25) is 4.52 Å². The predicted molar refractivity (Wildman–Crippen MR) is 61.0 cm³/mol. The summed E-state index contributed by atoms with van der Waals surface area (Å²) in [4.78, 5) is 22.9. The van der Waals surface area contributed by atoms with Gasteiger partial charge < -0.3 is 9.90 Å². The van der Waals surface area contributed by atoms with Crippen molar-refractivity contribution in [2.24, 2.45) is 0 Å². The third-order valence-electron chi connectivity index (χ3n) is 2.23. The number of carbonyl (C=O) groups excluding carboxylic acids is 1. The molecule has 6 nitrogen and oxygen atoms in total. The van der Waals surface area contributed by atoms with Crippen LogP contribution in [0.5, 0.6) is 0 Å². The van der Waals surface area contributed by atoms with E-state index in [9.17, 15) is 14.7 Å².